The van der Waals surface area contributed by atoms with Crippen molar-refractivity contribution in [1.82, 2.24) is 20.4 Å². The largest absolute Gasteiger partial charge is 0.367 e. The van der Waals surface area contributed by atoms with E-state index in [0.29, 0.717) is 31.3 Å². The van der Waals surface area contributed by atoms with E-state index in [0.717, 1.165) is 13.1 Å². The molecule has 3 rings (SSSR count). The van der Waals surface area contributed by atoms with Gasteiger partial charge in [0, 0.05) is 19.1 Å². The van der Waals surface area contributed by atoms with Crippen molar-refractivity contribution in [2.24, 2.45) is 0 Å². The number of nitrogens with zero attached hydrogens (tertiary/aromatic N) is 3. The van der Waals surface area contributed by atoms with Crippen LogP contribution in [-0.4, -0.2) is 67.7 Å². The summed E-state index contributed by atoms with van der Waals surface area (Å²) < 4.78 is 33.6. The third-order valence-corrected chi connectivity index (χ3v) is 5.58. The van der Waals surface area contributed by atoms with Gasteiger partial charge in [-0.25, -0.2) is 8.42 Å². The molecule has 0 saturated carbocycles. The molecule has 8 nitrogen and oxygen atoms in total. The van der Waals surface area contributed by atoms with Crippen LogP contribution in [0.15, 0.2) is 4.52 Å². The summed E-state index contributed by atoms with van der Waals surface area (Å²) in [4.78, 5) is 6.48. The Balaban J connectivity index is 1.53. The van der Waals surface area contributed by atoms with E-state index in [-0.39, 0.29) is 23.7 Å². The maximum atomic E-state index is 11.4. The lowest BCUT2D eigenvalue weighted by molar-refractivity contribution is -0.0264. The van der Waals surface area contributed by atoms with Crippen LogP contribution in [0.25, 0.3) is 0 Å². The molecule has 2 aliphatic rings. The quantitative estimate of drug-likeness (QED) is 0.782. The molecule has 0 bridgehead atoms. The molecule has 2 aliphatic heterocycles. The molecule has 0 spiro atoms. The third-order valence-electron chi connectivity index (χ3n) is 3.82. The Kier molecular flexibility index (Phi) is 4.25. The molecule has 2 unspecified atom stereocenters. The maximum Gasteiger partial charge on any atom is 0.240 e. The van der Waals surface area contributed by atoms with Crippen molar-refractivity contribution in [3.05, 3.63) is 11.7 Å². The van der Waals surface area contributed by atoms with Crippen LogP contribution >= 0.6 is 0 Å². The van der Waals surface area contributed by atoms with Crippen molar-refractivity contribution < 1.29 is 17.7 Å². The number of hydrogen-bond donors (Lipinski definition) is 1. The van der Waals surface area contributed by atoms with E-state index in [1.54, 1.807) is 0 Å². The predicted octanol–water partition coefficient (Wildman–Crippen LogP) is -0.651. The van der Waals surface area contributed by atoms with Gasteiger partial charge in [-0.05, 0) is 13.5 Å². The van der Waals surface area contributed by atoms with Crippen LogP contribution in [0.2, 0.25) is 0 Å². The zero-order chi connectivity index (χ0) is 14.9. The van der Waals surface area contributed by atoms with E-state index in [2.05, 4.69) is 20.4 Å². The summed E-state index contributed by atoms with van der Waals surface area (Å²) >= 11 is 0. The maximum absolute atomic E-state index is 11.4. The lowest BCUT2D eigenvalue weighted by atomic mass is 10.2. The van der Waals surface area contributed by atoms with Crippen LogP contribution in [0.1, 0.15) is 24.2 Å². The van der Waals surface area contributed by atoms with Crippen LogP contribution in [0.3, 0.4) is 0 Å². The highest BCUT2D eigenvalue weighted by Crippen LogP contribution is 2.19. The summed E-state index contributed by atoms with van der Waals surface area (Å²) in [7, 11) is -0.846. The molecule has 118 valence electrons. The summed E-state index contributed by atoms with van der Waals surface area (Å²) in [6.07, 6.45) is 0.480. The second kappa shape index (κ2) is 5.99. The van der Waals surface area contributed by atoms with Crippen molar-refractivity contribution in [1.29, 1.82) is 0 Å². The molecular weight excluding hydrogens is 296 g/mol. The Hall–Kier alpha value is -1.03. The highest BCUT2D eigenvalue weighted by atomic mass is 32.2. The average Bonchev–Trinajstić information content (AvgIpc) is 3.03. The fourth-order valence-electron chi connectivity index (χ4n) is 2.59. The van der Waals surface area contributed by atoms with Gasteiger partial charge in [0.2, 0.25) is 11.7 Å². The molecule has 2 fully saturated rings. The summed E-state index contributed by atoms with van der Waals surface area (Å²) in [6, 6.07) is -0.0255. The first kappa shape index (κ1) is 14.9. The van der Waals surface area contributed by atoms with Gasteiger partial charge in [-0.2, -0.15) is 4.98 Å². The van der Waals surface area contributed by atoms with Crippen LogP contribution < -0.4 is 5.32 Å². The Morgan fingerprint density at radius 2 is 2.33 bits per heavy atom. The van der Waals surface area contributed by atoms with Crippen LogP contribution in [0.5, 0.6) is 0 Å². The normalized spacial score (nSPS) is 29.8. The van der Waals surface area contributed by atoms with E-state index in [1.807, 2.05) is 7.05 Å². The molecule has 3 heterocycles. The van der Waals surface area contributed by atoms with E-state index in [4.69, 9.17) is 9.26 Å². The second-order valence-corrected chi connectivity index (χ2v) is 7.88. The number of aromatic nitrogens is 2. The van der Waals surface area contributed by atoms with E-state index < -0.39 is 9.84 Å². The highest BCUT2D eigenvalue weighted by molar-refractivity contribution is 7.91. The van der Waals surface area contributed by atoms with Gasteiger partial charge < -0.3 is 19.5 Å². The molecule has 1 aromatic heterocycles. The van der Waals surface area contributed by atoms with Gasteiger partial charge in [0.25, 0.3) is 0 Å². The number of ether oxygens (including phenoxy) is 1. The summed E-state index contributed by atoms with van der Waals surface area (Å²) in [5.41, 5.74) is 0. The van der Waals surface area contributed by atoms with Crippen molar-refractivity contribution >= 4 is 9.84 Å². The summed E-state index contributed by atoms with van der Waals surface area (Å²) in [5, 5.41) is 7.10. The minimum atomic E-state index is -2.87. The first-order valence-electron chi connectivity index (χ1n) is 7.08. The number of hydrogen-bond acceptors (Lipinski definition) is 8. The van der Waals surface area contributed by atoms with Gasteiger partial charge in [-0.3, -0.25) is 0 Å². The summed E-state index contributed by atoms with van der Waals surface area (Å²) in [5.74, 6) is 1.45. The molecule has 21 heavy (non-hydrogen) atoms. The van der Waals surface area contributed by atoms with Crippen LogP contribution in [0, 0.1) is 0 Å². The molecule has 0 aromatic carbocycles. The average molecular weight is 316 g/mol. The number of rotatable bonds is 4. The molecule has 1 aromatic rings. The zero-order valence-corrected chi connectivity index (χ0v) is 12.8. The first-order chi connectivity index (χ1) is 10.0. The fraction of sp³-hybridized carbons (Fsp3) is 0.833. The van der Waals surface area contributed by atoms with Crippen molar-refractivity contribution in [3.8, 4) is 0 Å². The van der Waals surface area contributed by atoms with Crippen molar-refractivity contribution in [2.45, 2.75) is 25.1 Å². The Labute approximate surface area is 123 Å². The number of morpholine rings is 1. The molecule has 0 radical (unpaired) electrons. The number of nitrogens with one attached hydrogen (secondary N) is 1. The molecule has 2 atom stereocenters. The smallest absolute Gasteiger partial charge is 0.240 e. The van der Waals surface area contributed by atoms with E-state index in [1.165, 1.54) is 0 Å². The topological polar surface area (TPSA) is 97.6 Å². The predicted molar refractivity (Wildman–Crippen MR) is 74.4 cm³/mol. The van der Waals surface area contributed by atoms with Gasteiger partial charge in [0.15, 0.2) is 9.84 Å². The van der Waals surface area contributed by atoms with Gasteiger partial charge in [0.05, 0.1) is 24.7 Å². The first-order valence-corrected chi connectivity index (χ1v) is 8.90. The Morgan fingerprint density at radius 1 is 1.48 bits per heavy atom. The molecule has 0 amide bonds. The Bertz CT molecular complexity index is 588. The van der Waals surface area contributed by atoms with Crippen LogP contribution in [-0.2, 0) is 21.1 Å². The van der Waals surface area contributed by atoms with Gasteiger partial charge in [0.1, 0.15) is 6.10 Å². The fourth-order valence-corrected chi connectivity index (χ4v) is 4.30. The highest BCUT2D eigenvalue weighted by Gasteiger charge is 2.28. The van der Waals surface area contributed by atoms with Gasteiger partial charge in [-0.15, -0.1) is 0 Å². The molecule has 0 aliphatic carbocycles. The second-order valence-electron chi connectivity index (χ2n) is 5.65. The Morgan fingerprint density at radius 3 is 3.05 bits per heavy atom. The van der Waals surface area contributed by atoms with Gasteiger partial charge in [-0.1, -0.05) is 5.16 Å². The molecule has 2 saturated heterocycles. The minimum absolute atomic E-state index is 0.0255. The molecule has 1 N–H and O–H groups in total. The standard InChI is InChI=1S/C12H20N4O4S/c1-16-3-4-19-10(7-16)12-14-11(20-15-12)6-13-9-2-5-21(17,18)8-9/h9-10,13H,2-8H2,1H3. The molecular formula is C12H20N4O4S. The number of sulfone groups is 1. The van der Waals surface area contributed by atoms with E-state index in [9.17, 15) is 8.42 Å². The zero-order valence-electron chi connectivity index (χ0n) is 12.0. The van der Waals surface area contributed by atoms with Crippen molar-refractivity contribution in [3.63, 3.8) is 0 Å². The summed E-state index contributed by atoms with van der Waals surface area (Å²) in [6.45, 7) is 2.69. The third kappa shape index (κ3) is 3.79. The lowest BCUT2D eigenvalue weighted by Crippen LogP contribution is -2.35. The monoisotopic (exact) mass is 316 g/mol. The van der Waals surface area contributed by atoms with E-state index >= 15 is 0 Å². The lowest BCUT2D eigenvalue weighted by Gasteiger charge is -2.27. The minimum Gasteiger partial charge on any atom is -0.367 e. The number of likely N-dealkylation sites (N-methyl/N-ethyl adjacent to an activating group) is 1. The SMILES string of the molecule is CN1CCOC(c2noc(CNC3CCS(=O)(=O)C3)n2)C1. The van der Waals surface area contributed by atoms with Crippen molar-refractivity contribution in [2.75, 3.05) is 38.2 Å². The molecule has 9 heteroatoms. The van der Waals surface area contributed by atoms with Crippen LogP contribution in [0.4, 0.5) is 0 Å². The van der Waals surface area contributed by atoms with Gasteiger partial charge >= 0.3 is 0 Å².